The van der Waals surface area contributed by atoms with E-state index in [0.29, 0.717) is 6.04 Å². The Labute approximate surface area is 138 Å². The Kier molecular flexibility index (Phi) is 4.76. The molecule has 23 heavy (non-hydrogen) atoms. The van der Waals surface area contributed by atoms with Crippen LogP contribution >= 0.6 is 0 Å². The third kappa shape index (κ3) is 4.20. The molecule has 0 aliphatic carbocycles. The van der Waals surface area contributed by atoms with Crippen LogP contribution in [0.25, 0.3) is 0 Å². The second kappa shape index (κ2) is 6.96. The van der Waals surface area contributed by atoms with Gasteiger partial charge >= 0.3 is 0 Å². The lowest BCUT2D eigenvalue weighted by Crippen LogP contribution is -2.26. The number of rotatable bonds is 5. The zero-order chi connectivity index (χ0) is 16.2. The first-order valence-corrected chi connectivity index (χ1v) is 8.15. The lowest BCUT2D eigenvalue weighted by atomic mass is 10.1. The van der Waals surface area contributed by atoms with Crippen LogP contribution in [0.15, 0.2) is 36.5 Å². The first-order chi connectivity index (χ1) is 11.1. The summed E-state index contributed by atoms with van der Waals surface area (Å²) in [6.45, 7) is 5.34. The number of benzene rings is 1. The van der Waals surface area contributed by atoms with Crippen molar-refractivity contribution < 1.29 is 0 Å². The standard InChI is InChI=1S/C18H25N5/c1-14-5-4-6-15(11-14)12-23-10-8-16(13-23)20-17-7-9-19-18(21-17)22(2)3/h4-7,9,11,16H,8,10,12-13H2,1-3H3,(H,19,20,21). The maximum Gasteiger partial charge on any atom is 0.226 e. The Hall–Kier alpha value is -2.14. The van der Waals surface area contributed by atoms with E-state index in [1.165, 1.54) is 11.1 Å². The van der Waals surface area contributed by atoms with Gasteiger partial charge < -0.3 is 10.2 Å². The normalized spacial score (nSPS) is 18.1. The number of hydrogen-bond donors (Lipinski definition) is 1. The van der Waals surface area contributed by atoms with E-state index >= 15 is 0 Å². The molecule has 2 aromatic rings. The van der Waals surface area contributed by atoms with Crippen molar-refractivity contribution in [3.63, 3.8) is 0 Å². The highest BCUT2D eigenvalue weighted by atomic mass is 15.2. The fraction of sp³-hybridized carbons (Fsp3) is 0.444. The van der Waals surface area contributed by atoms with Crippen LogP contribution in [0.4, 0.5) is 11.8 Å². The summed E-state index contributed by atoms with van der Waals surface area (Å²) in [5, 5.41) is 3.54. The molecule has 0 saturated carbocycles. The van der Waals surface area contributed by atoms with Gasteiger partial charge in [-0.25, -0.2) is 4.98 Å². The largest absolute Gasteiger partial charge is 0.366 e. The smallest absolute Gasteiger partial charge is 0.226 e. The number of anilines is 2. The molecule has 5 heteroatoms. The van der Waals surface area contributed by atoms with Gasteiger partial charge in [0.05, 0.1) is 0 Å². The summed E-state index contributed by atoms with van der Waals surface area (Å²) in [4.78, 5) is 13.2. The van der Waals surface area contributed by atoms with Gasteiger partial charge in [0.1, 0.15) is 5.82 Å². The summed E-state index contributed by atoms with van der Waals surface area (Å²) in [7, 11) is 3.91. The quantitative estimate of drug-likeness (QED) is 0.919. The van der Waals surface area contributed by atoms with Gasteiger partial charge in [-0.05, 0) is 25.0 Å². The van der Waals surface area contributed by atoms with Crippen LogP contribution in [0.2, 0.25) is 0 Å². The summed E-state index contributed by atoms with van der Waals surface area (Å²) < 4.78 is 0. The first-order valence-electron chi connectivity index (χ1n) is 8.15. The third-order valence-corrected chi connectivity index (χ3v) is 4.16. The Morgan fingerprint density at radius 1 is 1.30 bits per heavy atom. The number of aryl methyl sites for hydroxylation is 1. The molecular weight excluding hydrogens is 286 g/mol. The van der Waals surface area contributed by atoms with E-state index < -0.39 is 0 Å². The van der Waals surface area contributed by atoms with Crippen molar-refractivity contribution in [2.24, 2.45) is 0 Å². The molecular formula is C18H25N5. The maximum atomic E-state index is 4.54. The van der Waals surface area contributed by atoms with Crippen LogP contribution in [0, 0.1) is 6.92 Å². The second-order valence-electron chi connectivity index (χ2n) is 6.49. The van der Waals surface area contributed by atoms with Crippen molar-refractivity contribution in [1.29, 1.82) is 0 Å². The summed E-state index contributed by atoms with van der Waals surface area (Å²) >= 11 is 0. The van der Waals surface area contributed by atoms with Crippen molar-refractivity contribution in [3.8, 4) is 0 Å². The van der Waals surface area contributed by atoms with Gasteiger partial charge in [-0.2, -0.15) is 4.98 Å². The summed E-state index contributed by atoms with van der Waals surface area (Å²) in [6, 6.07) is 11.2. The van der Waals surface area contributed by atoms with Gasteiger partial charge in [-0.15, -0.1) is 0 Å². The minimum atomic E-state index is 0.449. The van der Waals surface area contributed by atoms with E-state index in [-0.39, 0.29) is 0 Å². The van der Waals surface area contributed by atoms with Gasteiger partial charge in [-0.3, -0.25) is 4.90 Å². The maximum absolute atomic E-state index is 4.54. The average Bonchev–Trinajstić information content (AvgIpc) is 2.94. The minimum absolute atomic E-state index is 0.449. The molecule has 1 fully saturated rings. The van der Waals surface area contributed by atoms with Crippen molar-refractivity contribution in [2.45, 2.75) is 25.9 Å². The molecule has 0 radical (unpaired) electrons. The van der Waals surface area contributed by atoms with Crippen molar-refractivity contribution in [1.82, 2.24) is 14.9 Å². The number of likely N-dealkylation sites (tertiary alicyclic amines) is 1. The average molecular weight is 311 g/mol. The Bertz CT molecular complexity index is 655. The molecule has 0 spiro atoms. The van der Waals surface area contributed by atoms with Crippen LogP contribution in [-0.2, 0) is 6.54 Å². The fourth-order valence-corrected chi connectivity index (χ4v) is 3.02. The van der Waals surface area contributed by atoms with Crippen molar-refractivity contribution in [2.75, 3.05) is 37.4 Å². The van der Waals surface area contributed by atoms with Crippen LogP contribution in [0.3, 0.4) is 0 Å². The molecule has 0 bridgehead atoms. The lowest BCUT2D eigenvalue weighted by molar-refractivity contribution is 0.328. The predicted molar refractivity (Wildman–Crippen MR) is 94.8 cm³/mol. The van der Waals surface area contributed by atoms with Gasteiger partial charge in [0.25, 0.3) is 0 Å². The van der Waals surface area contributed by atoms with E-state index in [2.05, 4.69) is 51.4 Å². The molecule has 1 aliphatic rings. The summed E-state index contributed by atoms with van der Waals surface area (Å²) in [5.74, 6) is 1.65. The number of nitrogens with one attached hydrogen (secondary N) is 1. The molecule has 1 saturated heterocycles. The Morgan fingerprint density at radius 3 is 2.96 bits per heavy atom. The highest BCUT2D eigenvalue weighted by Crippen LogP contribution is 2.18. The zero-order valence-electron chi connectivity index (χ0n) is 14.2. The van der Waals surface area contributed by atoms with Crippen LogP contribution in [0.5, 0.6) is 0 Å². The van der Waals surface area contributed by atoms with Gasteiger partial charge in [0.2, 0.25) is 5.95 Å². The highest BCUT2D eigenvalue weighted by Gasteiger charge is 2.22. The van der Waals surface area contributed by atoms with Gasteiger partial charge in [0, 0.05) is 46.0 Å². The first kappa shape index (κ1) is 15.7. The van der Waals surface area contributed by atoms with Crippen LogP contribution in [-0.4, -0.2) is 48.1 Å². The van der Waals surface area contributed by atoms with E-state index in [0.717, 1.165) is 37.8 Å². The molecule has 3 rings (SSSR count). The SMILES string of the molecule is Cc1cccc(CN2CCC(Nc3ccnc(N(C)C)n3)C2)c1. The molecule has 1 N–H and O–H groups in total. The van der Waals surface area contributed by atoms with Crippen molar-refractivity contribution in [3.05, 3.63) is 47.7 Å². The second-order valence-corrected chi connectivity index (χ2v) is 6.49. The van der Waals surface area contributed by atoms with E-state index in [1.807, 2.05) is 31.3 Å². The number of aromatic nitrogens is 2. The Morgan fingerprint density at radius 2 is 2.17 bits per heavy atom. The number of nitrogens with zero attached hydrogens (tertiary/aromatic N) is 4. The minimum Gasteiger partial charge on any atom is -0.366 e. The summed E-state index contributed by atoms with van der Waals surface area (Å²) in [5.41, 5.74) is 2.72. The summed E-state index contributed by atoms with van der Waals surface area (Å²) in [6.07, 6.45) is 2.96. The molecule has 1 aromatic carbocycles. The molecule has 0 amide bonds. The molecule has 1 aromatic heterocycles. The molecule has 1 unspecified atom stereocenters. The monoisotopic (exact) mass is 311 g/mol. The van der Waals surface area contributed by atoms with E-state index in [4.69, 9.17) is 0 Å². The van der Waals surface area contributed by atoms with E-state index in [1.54, 1.807) is 0 Å². The number of hydrogen-bond acceptors (Lipinski definition) is 5. The van der Waals surface area contributed by atoms with Gasteiger partial charge in [-0.1, -0.05) is 29.8 Å². The van der Waals surface area contributed by atoms with Crippen LogP contribution < -0.4 is 10.2 Å². The zero-order valence-corrected chi connectivity index (χ0v) is 14.2. The van der Waals surface area contributed by atoms with Crippen molar-refractivity contribution >= 4 is 11.8 Å². The Balaban J connectivity index is 1.56. The van der Waals surface area contributed by atoms with Gasteiger partial charge in [0.15, 0.2) is 0 Å². The predicted octanol–water partition coefficient (Wildman–Crippen LogP) is 2.54. The molecule has 1 atom stereocenters. The topological polar surface area (TPSA) is 44.3 Å². The molecule has 122 valence electrons. The molecule has 1 aliphatic heterocycles. The van der Waals surface area contributed by atoms with E-state index in [9.17, 15) is 0 Å². The lowest BCUT2D eigenvalue weighted by Gasteiger charge is -2.18. The molecule has 5 nitrogen and oxygen atoms in total. The fourth-order valence-electron chi connectivity index (χ4n) is 3.02. The molecule has 2 heterocycles. The highest BCUT2D eigenvalue weighted by molar-refractivity contribution is 5.41. The van der Waals surface area contributed by atoms with Crippen LogP contribution in [0.1, 0.15) is 17.5 Å². The third-order valence-electron chi connectivity index (χ3n) is 4.16.